The fraction of sp³-hybridized carbons (Fsp3) is 0.333. The fourth-order valence-corrected chi connectivity index (χ4v) is 3.35. The molecule has 0 radical (unpaired) electrons. The van der Waals surface area contributed by atoms with Crippen molar-refractivity contribution in [2.24, 2.45) is 0 Å². The summed E-state index contributed by atoms with van der Waals surface area (Å²) in [5.41, 5.74) is 0.944. The highest BCUT2D eigenvalue weighted by Gasteiger charge is 2.41. The third-order valence-corrected chi connectivity index (χ3v) is 5.20. The van der Waals surface area contributed by atoms with Gasteiger partial charge in [0, 0.05) is 16.6 Å². The molecule has 0 spiro atoms. The van der Waals surface area contributed by atoms with Crippen LogP contribution < -0.4 is 15.0 Å². The van der Waals surface area contributed by atoms with Crippen molar-refractivity contribution in [3.8, 4) is 5.75 Å². The van der Waals surface area contributed by atoms with E-state index in [1.807, 2.05) is 18.2 Å². The van der Waals surface area contributed by atoms with Gasteiger partial charge in [-0.05, 0) is 56.5 Å². The molecule has 2 amide bonds. The maximum Gasteiger partial charge on any atom is 0.271 e. The number of rotatable bonds is 4. The normalized spacial score (nSPS) is 17.9. The summed E-state index contributed by atoms with van der Waals surface area (Å²) in [5.74, 6) is 0.277. The lowest BCUT2D eigenvalue weighted by Crippen LogP contribution is -2.52. The Bertz CT molecular complexity index is 921. The minimum Gasteiger partial charge on any atom is -0.476 e. The summed E-state index contributed by atoms with van der Waals surface area (Å²) in [6.07, 6.45) is 2.04. The van der Waals surface area contributed by atoms with Gasteiger partial charge >= 0.3 is 0 Å². The van der Waals surface area contributed by atoms with Crippen LogP contribution in [0.4, 0.5) is 5.69 Å². The smallest absolute Gasteiger partial charge is 0.271 e. The summed E-state index contributed by atoms with van der Waals surface area (Å²) in [5, 5.41) is 3.57. The van der Waals surface area contributed by atoms with E-state index in [9.17, 15) is 9.59 Å². The molecule has 0 bridgehead atoms. The minimum absolute atomic E-state index is 0.129. The van der Waals surface area contributed by atoms with Crippen LogP contribution in [0.15, 0.2) is 42.5 Å². The molecule has 1 aliphatic heterocycles. The quantitative estimate of drug-likeness (QED) is 0.868. The maximum absolute atomic E-state index is 13.1. The number of hydrogen-bond acceptors (Lipinski definition) is 3. The number of ether oxygens (including phenoxy) is 1. The van der Waals surface area contributed by atoms with Gasteiger partial charge in [0.25, 0.3) is 11.8 Å². The van der Waals surface area contributed by atoms with Crippen LogP contribution in [0.3, 0.4) is 0 Å². The summed E-state index contributed by atoms with van der Waals surface area (Å²) in [6, 6.07) is 12.9. The topological polar surface area (TPSA) is 58.6 Å². The zero-order valence-electron chi connectivity index (χ0n) is 15.3. The molecule has 1 fully saturated rings. The second-order valence-electron chi connectivity index (χ2n) is 7.53. The van der Waals surface area contributed by atoms with E-state index in [1.165, 1.54) is 0 Å². The monoisotopic (exact) mass is 384 g/mol. The number of carbonyl (C=O) groups is 2. The van der Waals surface area contributed by atoms with Gasteiger partial charge in [-0.25, -0.2) is 0 Å². The van der Waals surface area contributed by atoms with E-state index >= 15 is 0 Å². The Balaban J connectivity index is 1.72. The number of hydrogen-bond donors (Lipinski definition) is 1. The van der Waals surface area contributed by atoms with Gasteiger partial charge in [-0.2, -0.15) is 0 Å². The summed E-state index contributed by atoms with van der Waals surface area (Å²) in [6.45, 7) is 3.79. The lowest BCUT2D eigenvalue weighted by molar-refractivity contribution is -0.132. The molecule has 1 saturated carbocycles. The van der Waals surface area contributed by atoms with Gasteiger partial charge in [0.1, 0.15) is 5.75 Å². The highest BCUT2D eigenvalue weighted by molar-refractivity contribution is 6.31. The molecule has 0 aromatic heterocycles. The van der Waals surface area contributed by atoms with Crippen molar-refractivity contribution in [1.82, 2.24) is 5.32 Å². The lowest BCUT2D eigenvalue weighted by atomic mass is 10.0. The molecule has 0 saturated heterocycles. The van der Waals surface area contributed by atoms with Crippen molar-refractivity contribution >= 4 is 29.1 Å². The number of fused-ring (bicyclic) bond motifs is 1. The van der Waals surface area contributed by atoms with E-state index in [4.69, 9.17) is 16.3 Å². The predicted octanol–water partition coefficient (Wildman–Crippen LogP) is 3.94. The molecule has 27 heavy (non-hydrogen) atoms. The van der Waals surface area contributed by atoms with Crippen LogP contribution >= 0.6 is 11.6 Å². The third kappa shape index (κ3) is 3.52. The number of anilines is 1. The molecule has 5 nitrogen and oxygen atoms in total. The van der Waals surface area contributed by atoms with Crippen LogP contribution in [0.5, 0.6) is 5.75 Å². The molecule has 2 aromatic carbocycles. The summed E-state index contributed by atoms with van der Waals surface area (Å²) >= 11 is 6.30. The number of halogens is 1. The van der Waals surface area contributed by atoms with Gasteiger partial charge in [-0.1, -0.05) is 29.8 Å². The Hall–Kier alpha value is -2.53. The largest absolute Gasteiger partial charge is 0.476 e. The van der Waals surface area contributed by atoms with Crippen molar-refractivity contribution in [3.63, 3.8) is 0 Å². The summed E-state index contributed by atoms with van der Waals surface area (Å²) < 4.78 is 5.90. The number of carbonyl (C=O) groups excluding carboxylic acids is 2. The highest BCUT2D eigenvalue weighted by atomic mass is 35.5. The fourth-order valence-electron chi connectivity index (χ4n) is 3.16. The first-order chi connectivity index (χ1) is 12.8. The molecule has 0 atom stereocenters. The second kappa shape index (κ2) is 6.57. The molecular formula is C21H21ClN2O3. The Labute approximate surface area is 163 Å². The SMILES string of the molecule is CC1(C)Oc2ccc(C(=O)NC3CC3)cc2N(Cc2ccccc2Cl)C1=O. The zero-order valence-corrected chi connectivity index (χ0v) is 16.0. The molecular weight excluding hydrogens is 364 g/mol. The predicted molar refractivity (Wildman–Crippen MR) is 104 cm³/mol. The molecule has 140 valence electrons. The van der Waals surface area contributed by atoms with Crippen molar-refractivity contribution in [2.75, 3.05) is 4.90 Å². The second-order valence-corrected chi connectivity index (χ2v) is 7.93. The third-order valence-electron chi connectivity index (χ3n) is 4.84. The van der Waals surface area contributed by atoms with E-state index in [0.717, 1.165) is 18.4 Å². The molecule has 1 aliphatic carbocycles. The molecule has 1 heterocycles. The average Bonchev–Trinajstić information content (AvgIpc) is 3.44. The summed E-state index contributed by atoms with van der Waals surface area (Å²) in [4.78, 5) is 27.1. The van der Waals surface area contributed by atoms with Gasteiger partial charge in [-0.15, -0.1) is 0 Å². The minimum atomic E-state index is -0.994. The van der Waals surface area contributed by atoms with E-state index in [1.54, 1.807) is 43.0 Å². The van der Waals surface area contributed by atoms with Crippen molar-refractivity contribution in [2.45, 2.75) is 44.9 Å². The molecule has 1 N–H and O–H groups in total. The molecule has 2 aliphatic rings. The zero-order chi connectivity index (χ0) is 19.2. The Morgan fingerprint density at radius 3 is 2.70 bits per heavy atom. The lowest BCUT2D eigenvalue weighted by Gasteiger charge is -2.39. The maximum atomic E-state index is 13.1. The molecule has 2 aromatic rings. The van der Waals surface area contributed by atoms with Crippen molar-refractivity contribution in [3.05, 3.63) is 58.6 Å². The van der Waals surface area contributed by atoms with Gasteiger partial charge in [0.05, 0.1) is 12.2 Å². The van der Waals surface area contributed by atoms with Crippen molar-refractivity contribution in [1.29, 1.82) is 0 Å². The van der Waals surface area contributed by atoms with E-state index in [-0.39, 0.29) is 17.9 Å². The Kier molecular flexibility index (Phi) is 4.35. The molecule has 0 unspecified atom stereocenters. The number of amides is 2. The van der Waals surface area contributed by atoms with Crippen molar-refractivity contribution < 1.29 is 14.3 Å². The Morgan fingerprint density at radius 1 is 1.26 bits per heavy atom. The van der Waals surface area contributed by atoms with Crippen LogP contribution in [-0.2, 0) is 11.3 Å². The van der Waals surface area contributed by atoms with Gasteiger partial charge in [0.2, 0.25) is 0 Å². The van der Waals surface area contributed by atoms with E-state index in [2.05, 4.69) is 5.32 Å². The average molecular weight is 385 g/mol. The van der Waals surface area contributed by atoms with Crippen LogP contribution in [0.25, 0.3) is 0 Å². The molecule has 6 heteroatoms. The van der Waals surface area contributed by atoms with E-state index in [0.29, 0.717) is 28.6 Å². The first kappa shape index (κ1) is 17.9. The number of benzene rings is 2. The van der Waals surface area contributed by atoms with Crippen LogP contribution in [0.2, 0.25) is 5.02 Å². The highest BCUT2D eigenvalue weighted by Crippen LogP contribution is 2.39. The molecule has 4 rings (SSSR count). The van der Waals surface area contributed by atoms with Gasteiger partial charge in [0.15, 0.2) is 5.60 Å². The Morgan fingerprint density at radius 2 is 2.00 bits per heavy atom. The first-order valence-electron chi connectivity index (χ1n) is 9.04. The van der Waals surface area contributed by atoms with Crippen LogP contribution in [0, 0.1) is 0 Å². The van der Waals surface area contributed by atoms with E-state index < -0.39 is 5.60 Å². The standard InChI is InChI=1S/C21H21ClN2O3/c1-21(2)20(26)24(12-14-5-3-4-6-16(14)22)17-11-13(7-10-18(17)27-21)19(25)23-15-8-9-15/h3-7,10-11,15H,8-9,12H2,1-2H3,(H,23,25). The summed E-state index contributed by atoms with van der Waals surface area (Å²) in [7, 11) is 0. The van der Waals surface area contributed by atoms with Gasteiger partial charge < -0.3 is 15.0 Å². The van der Waals surface area contributed by atoms with Crippen LogP contribution in [-0.4, -0.2) is 23.5 Å². The van der Waals surface area contributed by atoms with Crippen LogP contribution in [0.1, 0.15) is 42.6 Å². The number of nitrogens with one attached hydrogen (secondary N) is 1. The number of nitrogens with zero attached hydrogens (tertiary/aromatic N) is 1. The first-order valence-corrected chi connectivity index (χ1v) is 9.42. The van der Waals surface area contributed by atoms with Gasteiger partial charge in [-0.3, -0.25) is 9.59 Å².